The van der Waals surface area contributed by atoms with Crippen LogP contribution in [-0.2, 0) is 14.1 Å². The van der Waals surface area contributed by atoms with Gasteiger partial charge in [0, 0.05) is 20.2 Å². The summed E-state index contributed by atoms with van der Waals surface area (Å²) in [4.78, 5) is 19.7. The van der Waals surface area contributed by atoms with Crippen LogP contribution in [0.1, 0.15) is 11.4 Å². The Bertz CT molecular complexity index is 1310. The molecule has 0 fully saturated rings. The van der Waals surface area contributed by atoms with E-state index in [2.05, 4.69) is 16.0 Å². The van der Waals surface area contributed by atoms with Gasteiger partial charge < -0.3 is 9.72 Å². The number of nitrogens with one attached hydrogen (secondary N) is 1. The van der Waals surface area contributed by atoms with Crippen LogP contribution >= 0.6 is 0 Å². The number of aryl methyl sites for hydroxylation is 2. The Balaban J connectivity index is 1.82. The predicted octanol–water partition coefficient (Wildman–Crippen LogP) is 2.83. The molecular formula is C20H17N5O2. The smallest absolute Gasteiger partial charge is 0.328 e. The van der Waals surface area contributed by atoms with Crippen molar-refractivity contribution < 1.29 is 4.74 Å². The Morgan fingerprint density at radius 1 is 1.19 bits per heavy atom. The van der Waals surface area contributed by atoms with E-state index in [-0.39, 0.29) is 5.69 Å². The first-order valence-corrected chi connectivity index (χ1v) is 8.33. The molecule has 4 aromatic rings. The maximum atomic E-state index is 12.1. The van der Waals surface area contributed by atoms with Crippen molar-refractivity contribution in [1.29, 1.82) is 5.26 Å². The largest absolute Gasteiger partial charge is 0.497 e. The van der Waals surface area contributed by atoms with E-state index in [1.54, 1.807) is 36.4 Å². The fourth-order valence-corrected chi connectivity index (χ4v) is 3.18. The molecule has 2 aromatic heterocycles. The molecule has 0 radical (unpaired) electrons. The molecule has 0 aliphatic rings. The molecule has 0 saturated carbocycles. The van der Waals surface area contributed by atoms with E-state index in [1.165, 1.54) is 0 Å². The Labute approximate surface area is 154 Å². The number of nitrogens with zero attached hydrogens (tertiary/aromatic N) is 4. The monoisotopic (exact) mass is 359 g/mol. The minimum Gasteiger partial charge on any atom is -0.497 e. The first-order valence-electron chi connectivity index (χ1n) is 8.33. The summed E-state index contributed by atoms with van der Waals surface area (Å²) in [6.45, 7) is 0. The van der Waals surface area contributed by atoms with Crippen LogP contribution < -0.4 is 10.4 Å². The van der Waals surface area contributed by atoms with E-state index < -0.39 is 0 Å². The first kappa shape index (κ1) is 16.7. The summed E-state index contributed by atoms with van der Waals surface area (Å²) in [6.07, 6.45) is 1.76. The Hall–Kier alpha value is -3.79. The van der Waals surface area contributed by atoms with Crippen LogP contribution in [0.5, 0.6) is 5.75 Å². The molecule has 7 nitrogen and oxygen atoms in total. The molecule has 134 valence electrons. The summed E-state index contributed by atoms with van der Waals surface area (Å²) in [7, 11) is 5.08. The van der Waals surface area contributed by atoms with Gasteiger partial charge in [-0.1, -0.05) is 6.07 Å². The number of aromatic nitrogens is 4. The summed E-state index contributed by atoms with van der Waals surface area (Å²) >= 11 is 0. The van der Waals surface area contributed by atoms with Gasteiger partial charge in [-0.3, -0.25) is 9.13 Å². The Morgan fingerprint density at radius 3 is 2.70 bits per heavy atom. The second kappa shape index (κ2) is 6.18. The number of allylic oxidation sites excluding steroid dienone is 1. The zero-order valence-electron chi connectivity index (χ0n) is 15.1. The third-order valence-corrected chi connectivity index (χ3v) is 4.67. The van der Waals surface area contributed by atoms with Crippen LogP contribution in [0.4, 0.5) is 0 Å². The van der Waals surface area contributed by atoms with Crippen molar-refractivity contribution in [1.82, 2.24) is 19.1 Å². The zero-order valence-corrected chi connectivity index (χ0v) is 15.1. The molecular weight excluding hydrogens is 342 g/mol. The van der Waals surface area contributed by atoms with E-state index in [9.17, 15) is 10.1 Å². The van der Waals surface area contributed by atoms with Gasteiger partial charge >= 0.3 is 5.69 Å². The number of rotatable bonds is 3. The molecule has 27 heavy (non-hydrogen) atoms. The normalized spacial score (nSPS) is 11.9. The number of hydrogen-bond acceptors (Lipinski definition) is 4. The molecule has 2 heterocycles. The molecule has 0 atom stereocenters. The lowest BCUT2D eigenvalue weighted by molar-refractivity contribution is 0.415. The van der Waals surface area contributed by atoms with E-state index >= 15 is 0 Å². The first-order chi connectivity index (χ1) is 13.0. The van der Waals surface area contributed by atoms with Gasteiger partial charge in [0.2, 0.25) is 0 Å². The van der Waals surface area contributed by atoms with Crippen molar-refractivity contribution in [3.63, 3.8) is 0 Å². The van der Waals surface area contributed by atoms with Gasteiger partial charge in [0.05, 0.1) is 34.7 Å². The van der Waals surface area contributed by atoms with E-state index in [0.29, 0.717) is 11.4 Å². The predicted molar refractivity (Wildman–Crippen MR) is 104 cm³/mol. The van der Waals surface area contributed by atoms with Crippen molar-refractivity contribution in [2.45, 2.75) is 0 Å². The van der Waals surface area contributed by atoms with E-state index in [4.69, 9.17) is 4.74 Å². The van der Waals surface area contributed by atoms with E-state index in [0.717, 1.165) is 33.4 Å². The number of benzene rings is 2. The summed E-state index contributed by atoms with van der Waals surface area (Å²) in [5.41, 5.74) is 4.35. The van der Waals surface area contributed by atoms with Gasteiger partial charge in [0.15, 0.2) is 0 Å². The fourth-order valence-electron chi connectivity index (χ4n) is 3.18. The molecule has 1 N–H and O–H groups in total. The standard InChI is InChI=1S/C20H17N5O2/c1-24-17-7-4-12(9-18(17)25(2)20(24)26)8-13(11-21)19-22-15-6-5-14(27-3)10-16(15)23-19/h4-10H,1-3H3,(H,22,23). The van der Waals surface area contributed by atoms with Crippen molar-refractivity contribution in [2.24, 2.45) is 14.1 Å². The molecule has 0 unspecified atom stereocenters. The maximum Gasteiger partial charge on any atom is 0.328 e. The van der Waals surface area contributed by atoms with Crippen molar-refractivity contribution >= 4 is 33.7 Å². The highest BCUT2D eigenvalue weighted by Gasteiger charge is 2.11. The number of methoxy groups -OCH3 is 1. The maximum absolute atomic E-state index is 12.1. The topological polar surface area (TPSA) is 88.6 Å². The summed E-state index contributed by atoms with van der Waals surface area (Å²) in [6, 6.07) is 13.4. The highest BCUT2D eigenvalue weighted by molar-refractivity contribution is 5.92. The van der Waals surface area contributed by atoms with Gasteiger partial charge in [0.1, 0.15) is 17.6 Å². The number of fused-ring (bicyclic) bond motifs is 2. The lowest BCUT2D eigenvalue weighted by atomic mass is 10.1. The number of H-pyrrole nitrogens is 1. The second-order valence-corrected chi connectivity index (χ2v) is 6.29. The number of imidazole rings is 2. The minimum absolute atomic E-state index is 0.0853. The minimum atomic E-state index is -0.0853. The number of hydrogen-bond donors (Lipinski definition) is 1. The van der Waals surface area contributed by atoms with Crippen LogP contribution in [0, 0.1) is 11.3 Å². The third-order valence-electron chi connectivity index (χ3n) is 4.67. The van der Waals surface area contributed by atoms with Crippen LogP contribution in [0.3, 0.4) is 0 Å². The molecule has 0 aliphatic carbocycles. The van der Waals surface area contributed by atoms with Crippen molar-refractivity contribution in [3.05, 3.63) is 58.3 Å². The van der Waals surface area contributed by atoms with Gasteiger partial charge in [-0.2, -0.15) is 5.26 Å². The molecule has 7 heteroatoms. The number of aromatic amines is 1. The molecule has 2 aromatic carbocycles. The summed E-state index contributed by atoms with van der Waals surface area (Å²) in [5.74, 6) is 1.21. The van der Waals surface area contributed by atoms with Crippen LogP contribution in [0.15, 0.2) is 41.2 Å². The third kappa shape index (κ3) is 2.68. The summed E-state index contributed by atoms with van der Waals surface area (Å²) < 4.78 is 8.41. The Morgan fingerprint density at radius 2 is 1.96 bits per heavy atom. The zero-order chi connectivity index (χ0) is 19.1. The lowest BCUT2D eigenvalue weighted by Gasteiger charge is -1.99. The molecule has 0 bridgehead atoms. The van der Waals surface area contributed by atoms with Crippen LogP contribution in [0.25, 0.3) is 33.7 Å². The molecule has 0 spiro atoms. The number of ether oxygens (including phenoxy) is 1. The molecule has 0 saturated heterocycles. The molecule has 0 amide bonds. The number of nitriles is 1. The highest BCUT2D eigenvalue weighted by Crippen LogP contribution is 2.23. The average Bonchev–Trinajstić information content (AvgIpc) is 3.20. The lowest BCUT2D eigenvalue weighted by Crippen LogP contribution is -2.19. The van der Waals surface area contributed by atoms with Crippen molar-refractivity contribution in [2.75, 3.05) is 7.11 Å². The van der Waals surface area contributed by atoms with Crippen molar-refractivity contribution in [3.8, 4) is 11.8 Å². The molecule has 0 aliphatic heterocycles. The average molecular weight is 359 g/mol. The molecule has 4 rings (SSSR count). The highest BCUT2D eigenvalue weighted by atomic mass is 16.5. The fraction of sp³-hybridized carbons (Fsp3) is 0.150. The van der Waals surface area contributed by atoms with Gasteiger partial charge in [-0.15, -0.1) is 0 Å². The van der Waals surface area contributed by atoms with Gasteiger partial charge in [0.25, 0.3) is 0 Å². The van der Waals surface area contributed by atoms with Crippen LogP contribution in [0.2, 0.25) is 0 Å². The second-order valence-electron chi connectivity index (χ2n) is 6.29. The SMILES string of the molecule is COc1ccc2nc(C(C#N)=Cc3ccc4c(c3)n(C)c(=O)n4C)[nH]c2c1. The van der Waals surface area contributed by atoms with Gasteiger partial charge in [-0.25, -0.2) is 9.78 Å². The quantitative estimate of drug-likeness (QED) is 0.570. The van der Waals surface area contributed by atoms with E-state index in [1.807, 2.05) is 36.4 Å². The van der Waals surface area contributed by atoms with Crippen LogP contribution in [-0.4, -0.2) is 26.2 Å². The summed E-state index contributed by atoms with van der Waals surface area (Å²) in [5, 5.41) is 9.62. The van der Waals surface area contributed by atoms with Gasteiger partial charge in [-0.05, 0) is 35.9 Å². The Kier molecular flexibility index (Phi) is 3.81.